The fourth-order valence-corrected chi connectivity index (χ4v) is 4.87. The topological polar surface area (TPSA) is 62.3 Å². The molecule has 23 heavy (non-hydrogen) atoms. The Hall–Kier alpha value is -1.50. The number of rotatable bonds is 5. The molecule has 0 bridgehead atoms. The summed E-state index contributed by atoms with van der Waals surface area (Å²) in [6.07, 6.45) is 6.33. The zero-order valence-corrected chi connectivity index (χ0v) is 14.2. The second-order valence-electron chi connectivity index (χ2n) is 6.01. The molecule has 0 spiro atoms. The van der Waals surface area contributed by atoms with Gasteiger partial charge in [-0.1, -0.05) is 19.1 Å². The first-order valence-electron chi connectivity index (χ1n) is 8.19. The molecule has 0 radical (unpaired) electrons. The molecule has 1 N–H and O–H groups in total. The Morgan fingerprint density at radius 2 is 2.22 bits per heavy atom. The smallest absolute Gasteiger partial charge is 0.243 e. The van der Waals surface area contributed by atoms with Gasteiger partial charge in [-0.25, -0.2) is 8.42 Å². The first-order chi connectivity index (χ1) is 11.1. The molecule has 2 heterocycles. The zero-order valence-electron chi connectivity index (χ0n) is 13.4. The van der Waals surface area contributed by atoms with E-state index in [1.165, 1.54) is 0 Å². The second-order valence-corrected chi connectivity index (χ2v) is 7.92. The van der Waals surface area contributed by atoms with E-state index in [1.54, 1.807) is 34.9 Å². The summed E-state index contributed by atoms with van der Waals surface area (Å²) in [4.78, 5) is 4.46. The number of aromatic nitrogens is 1. The van der Waals surface area contributed by atoms with E-state index in [4.69, 9.17) is 0 Å². The fraction of sp³-hybridized carbons (Fsp3) is 0.471. The molecule has 1 atom stereocenters. The second kappa shape index (κ2) is 6.95. The maximum Gasteiger partial charge on any atom is 0.243 e. The van der Waals surface area contributed by atoms with Gasteiger partial charge in [0.15, 0.2) is 0 Å². The number of sulfonamides is 1. The van der Waals surface area contributed by atoms with Crippen molar-refractivity contribution in [2.75, 3.05) is 19.6 Å². The summed E-state index contributed by atoms with van der Waals surface area (Å²) in [7, 11) is -3.48. The van der Waals surface area contributed by atoms with Crippen molar-refractivity contribution >= 4 is 20.8 Å². The van der Waals surface area contributed by atoms with Gasteiger partial charge in [0.1, 0.15) is 0 Å². The number of nitrogens with one attached hydrogen (secondary N) is 1. The third kappa shape index (κ3) is 3.39. The summed E-state index contributed by atoms with van der Waals surface area (Å²) in [5.41, 5.74) is 0. The summed E-state index contributed by atoms with van der Waals surface area (Å²) in [5.74, 6) is 0. The molecule has 1 aromatic heterocycles. The van der Waals surface area contributed by atoms with Crippen LogP contribution in [0.5, 0.6) is 0 Å². The van der Waals surface area contributed by atoms with Gasteiger partial charge in [0, 0.05) is 42.3 Å². The van der Waals surface area contributed by atoms with Crippen LogP contribution in [0.3, 0.4) is 0 Å². The number of nitrogens with zero attached hydrogens (tertiary/aromatic N) is 2. The lowest BCUT2D eigenvalue weighted by Crippen LogP contribution is -2.48. The van der Waals surface area contributed by atoms with Gasteiger partial charge in [-0.15, -0.1) is 0 Å². The average molecular weight is 333 g/mol. The van der Waals surface area contributed by atoms with Crippen molar-refractivity contribution in [3.8, 4) is 0 Å². The molecule has 6 heteroatoms. The molecule has 2 aromatic rings. The normalized spacial score (nSPS) is 20.0. The summed E-state index contributed by atoms with van der Waals surface area (Å²) in [6, 6.07) is 7.39. The predicted molar refractivity (Wildman–Crippen MR) is 91.8 cm³/mol. The molecule has 1 aromatic carbocycles. The van der Waals surface area contributed by atoms with Gasteiger partial charge in [0.25, 0.3) is 0 Å². The lowest BCUT2D eigenvalue weighted by Gasteiger charge is -2.32. The van der Waals surface area contributed by atoms with Crippen molar-refractivity contribution in [2.24, 2.45) is 0 Å². The average Bonchev–Trinajstić information content (AvgIpc) is 2.59. The molecular weight excluding hydrogens is 310 g/mol. The summed E-state index contributed by atoms with van der Waals surface area (Å²) < 4.78 is 27.8. The number of hydrogen-bond acceptors (Lipinski definition) is 4. The Kier molecular flexibility index (Phi) is 4.94. The molecule has 0 aliphatic carbocycles. The molecular formula is C17H23N3O2S. The largest absolute Gasteiger partial charge is 0.313 e. The molecule has 0 saturated carbocycles. The fourth-order valence-electron chi connectivity index (χ4n) is 3.13. The minimum atomic E-state index is -3.48. The van der Waals surface area contributed by atoms with Gasteiger partial charge in [-0.2, -0.15) is 4.31 Å². The molecule has 3 rings (SSSR count). The number of benzene rings is 1. The molecule has 1 saturated heterocycles. The number of pyridine rings is 1. The maximum absolute atomic E-state index is 13.1. The third-order valence-corrected chi connectivity index (χ3v) is 6.25. The monoisotopic (exact) mass is 333 g/mol. The number of fused-ring (bicyclic) bond motifs is 1. The first-order valence-corrected chi connectivity index (χ1v) is 9.63. The third-order valence-electron chi connectivity index (χ3n) is 4.33. The van der Waals surface area contributed by atoms with Crippen LogP contribution in [0.4, 0.5) is 0 Å². The highest BCUT2D eigenvalue weighted by Gasteiger charge is 2.30. The minimum absolute atomic E-state index is 0.245. The Morgan fingerprint density at radius 1 is 1.35 bits per heavy atom. The van der Waals surface area contributed by atoms with Gasteiger partial charge in [-0.05, 0) is 37.9 Å². The van der Waals surface area contributed by atoms with Crippen LogP contribution in [0, 0.1) is 0 Å². The summed E-state index contributed by atoms with van der Waals surface area (Å²) in [5, 5.41) is 5.04. The summed E-state index contributed by atoms with van der Waals surface area (Å²) >= 11 is 0. The van der Waals surface area contributed by atoms with Gasteiger partial charge in [0.2, 0.25) is 10.0 Å². The minimum Gasteiger partial charge on any atom is -0.313 e. The van der Waals surface area contributed by atoms with Gasteiger partial charge in [-0.3, -0.25) is 4.98 Å². The van der Waals surface area contributed by atoms with Crippen molar-refractivity contribution in [1.82, 2.24) is 14.6 Å². The van der Waals surface area contributed by atoms with Crippen LogP contribution in [-0.4, -0.2) is 43.4 Å². The van der Waals surface area contributed by atoms with Crippen molar-refractivity contribution in [2.45, 2.75) is 37.1 Å². The van der Waals surface area contributed by atoms with E-state index in [0.29, 0.717) is 18.0 Å². The van der Waals surface area contributed by atoms with Crippen LogP contribution in [0.2, 0.25) is 0 Å². The number of piperidine rings is 1. The van der Waals surface area contributed by atoms with Crippen molar-refractivity contribution in [1.29, 1.82) is 0 Å². The van der Waals surface area contributed by atoms with Crippen LogP contribution in [0.15, 0.2) is 41.6 Å². The molecule has 5 nitrogen and oxygen atoms in total. The van der Waals surface area contributed by atoms with Crippen molar-refractivity contribution in [3.63, 3.8) is 0 Å². The summed E-state index contributed by atoms with van der Waals surface area (Å²) in [6.45, 7) is 4.19. The maximum atomic E-state index is 13.1. The Bertz CT molecular complexity index is 771. The molecule has 1 aliphatic heterocycles. The van der Waals surface area contributed by atoms with Gasteiger partial charge >= 0.3 is 0 Å². The quantitative estimate of drug-likeness (QED) is 0.912. The van der Waals surface area contributed by atoms with Crippen molar-refractivity contribution < 1.29 is 8.42 Å². The molecule has 1 fully saturated rings. The molecule has 0 amide bonds. The van der Waals surface area contributed by atoms with E-state index in [9.17, 15) is 8.42 Å². The Morgan fingerprint density at radius 3 is 3.04 bits per heavy atom. The van der Waals surface area contributed by atoms with Crippen LogP contribution in [0.1, 0.15) is 26.2 Å². The lowest BCUT2D eigenvalue weighted by atomic mass is 10.1. The SMILES string of the molecule is CCCNC1CCCN(S(=O)(=O)c2cccc3cnccc23)C1. The van der Waals surface area contributed by atoms with E-state index >= 15 is 0 Å². The van der Waals surface area contributed by atoms with E-state index < -0.39 is 10.0 Å². The predicted octanol–water partition coefficient (Wildman–Crippen LogP) is 2.39. The van der Waals surface area contributed by atoms with Crippen molar-refractivity contribution in [3.05, 3.63) is 36.7 Å². The van der Waals surface area contributed by atoms with Crippen LogP contribution < -0.4 is 5.32 Å². The van der Waals surface area contributed by atoms with Gasteiger partial charge < -0.3 is 5.32 Å². The highest BCUT2D eigenvalue weighted by atomic mass is 32.2. The highest BCUT2D eigenvalue weighted by Crippen LogP contribution is 2.27. The Balaban J connectivity index is 1.91. The van der Waals surface area contributed by atoms with Crippen LogP contribution in [0.25, 0.3) is 10.8 Å². The Labute approximate surface area is 137 Å². The standard InChI is InChI=1S/C17H23N3O2S/c1-2-9-19-15-6-4-11-20(13-15)23(21,22)17-7-3-5-14-12-18-10-8-16(14)17/h3,5,7-8,10,12,15,19H,2,4,6,9,11,13H2,1H3. The molecule has 124 valence electrons. The highest BCUT2D eigenvalue weighted by molar-refractivity contribution is 7.89. The van der Waals surface area contributed by atoms with E-state index in [0.717, 1.165) is 36.6 Å². The van der Waals surface area contributed by atoms with E-state index in [2.05, 4.69) is 17.2 Å². The number of hydrogen-bond donors (Lipinski definition) is 1. The lowest BCUT2D eigenvalue weighted by molar-refractivity contribution is 0.284. The first kappa shape index (κ1) is 16.4. The zero-order chi connectivity index (χ0) is 16.3. The van der Waals surface area contributed by atoms with Crippen LogP contribution in [-0.2, 0) is 10.0 Å². The molecule has 1 aliphatic rings. The molecule has 1 unspecified atom stereocenters. The van der Waals surface area contributed by atoms with Crippen LogP contribution >= 0.6 is 0 Å². The van der Waals surface area contributed by atoms with E-state index in [-0.39, 0.29) is 6.04 Å². The van der Waals surface area contributed by atoms with Gasteiger partial charge in [0.05, 0.1) is 4.90 Å². The van der Waals surface area contributed by atoms with E-state index in [1.807, 2.05) is 6.07 Å².